The first-order chi connectivity index (χ1) is 15.2. The van der Waals surface area contributed by atoms with Crippen molar-refractivity contribution in [3.8, 4) is 5.75 Å². The molecule has 1 N–H and O–H groups in total. The van der Waals surface area contributed by atoms with Crippen molar-refractivity contribution < 1.29 is 22.9 Å². The lowest BCUT2D eigenvalue weighted by atomic mass is 9.99. The van der Waals surface area contributed by atoms with Crippen molar-refractivity contribution in [1.29, 1.82) is 0 Å². The first-order valence-electron chi connectivity index (χ1n) is 10.1. The molecule has 1 aliphatic carbocycles. The van der Waals surface area contributed by atoms with Crippen molar-refractivity contribution in [2.45, 2.75) is 18.8 Å². The van der Waals surface area contributed by atoms with Crippen LogP contribution in [0, 0.1) is 11.7 Å². The molecule has 1 saturated carbocycles. The van der Waals surface area contributed by atoms with Crippen LogP contribution in [0.3, 0.4) is 0 Å². The number of carbonyl (C=O) groups excluding carboxylic acids is 2. The molecule has 2 fully saturated rings. The second-order valence-electron chi connectivity index (χ2n) is 8.07. The van der Waals surface area contributed by atoms with E-state index in [9.17, 15) is 18.2 Å². The fourth-order valence-electron chi connectivity index (χ4n) is 3.68. The Labute approximate surface area is 197 Å². The van der Waals surface area contributed by atoms with E-state index < -0.39 is 22.7 Å². The smallest absolute Gasteiger partial charge is 0.265 e. The van der Waals surface area contributed by atoms with E-state index in [1.165, 1.54) is 18.4 Å². The van der Waals surface area contributed by atoms with Crippen LogP contribution in [-0.4, -0.2) is 46.9 Å². The molecule has 0 spiro atoms. The summed E-state index contributed by atoms with van der Waals surface area (Å²) in [5.74, 6) is -0.864. The monoisotopic (exact) mass is 498 g/mol. The van der Waals surface area contributed by atoms with Gasteiger partial charge in [0.15, 0.2) is 0 Å². The summed E-state index contributed by atoms with van der Waals surface area (Å²) in [6.45, 7) is 1.34. The van der Waals surface area contributed by atoms with E-state index in [0.717, 1.165) is 18.4 Å². The van der Waals surface area contributed by atoms with Crippen LogP contribution in [0.25, 0.3) is 0 Å². The predicted octanol–water partition coefficient (Wildman–Crippen LogP) is 4.18. The van der Waals surface area contributed by atoms with Crippen molar-refractivity contribution in [3.05, 3.63) is 62.9 Å². The Morgan fingerprint density at radius 2 is 1.81 bits per heavy atom. The number of nitrogens with zero attached hydrogens (tertiary/aromatic N) is 1. The summed E-state index contributed by atoms with van der Waals surface area (Å²) < 4.78 is 33.9. The van der Waals surface area contributed by atoms with Crippen LogP contribution in [-0.2, 0) is 11.0 Å². The number of ether oxygens (including phenoxy) is 1. The van der Waals surface area contributed by atoms with Gasteiger partial charge in [0, 0.05) is 46.9 Å². The van der Waals surface area contributed by atoms with E-state index in [4.69, 9.17) is 27.9 Å². The molecule has 6 nitrogen and oxygen atoms in total. The topological polar surface area (TPSA) is 75.7 Å². The molecule has 10 heteroatoms. The van der Waals surface area contributed by atoms with Gasteiger partial charge < -0.3 is 9.64 Å². The normalized spacial score (nSPS) is 16.9. The zero-order valence-corrected chi connectivity index (χ0v) is 19.5. The lowest BCUT2D eigenvalue weighted by Crippen LogP contribution is -2.52. The zero-order valence-electron chi connectivity index (χ0n) is 17.2. The van der Waals surface area contributed by atoms with Gasteiger partial charge >= 0.3 is 0 Å². The molecule has 32 heavy (non-hydrogen) atoms. The van der Waals surface area contributed by atoms with Crippen LogP contribution in [0.5, 0.6) is 5.75 Å². The van der Waals surface area contributed by atoms with Crippen LogP contribution < -0.4 is 9.46 Å². The highest BCUT2D eigenvalue weighted by molar-refractivity contribution is 7.82. The molecule has 0 radical (unpaired) electrons. The number of likely N-dealkylation sites (tertiary alicyclic amines) is 1. The fraction of sp³-hybridized carbons (Fsp3) is 0.364. The molecule has 0 aromatic heterocycles. The first-order valence-corrected chi connectivity index (χ1v) is 12.4. The third-order valence-electron chi connectivity index (χ3n) is 5.43. The van der Waals surface area contributed by atoms with Crippen molar-refractivity contribution in [1.82, 2.24) is 9.62 Å². The minimum Gasteiger partial charge on any atom is -0.493 e. The molecule has 0 bridgehead atoms. The summed E-state index contributed by atoms with van der Waals surface area (Å²) in [7, 11) is -1.58. The van der Waals surface area contributed by atoms with E-state index in [2.05, 4.69) is 4.72 Å². The van der Waals surface area contributed by atoms with Crippen molar-refractivity contribution in [3.63, 3.8) is 0 Å². The summed E-state index contributed by atoms with van der Waals surface area (Å²) in [4.78, 5) is 26.4. The van der Waals surface area contributed by atoms with Gasteiger partial charge in [-0.3, -0.25) is 14.3 Å². The highest BCUT2D eigenvalue weighted by Gasteiger charge is 2.33. The molecule has 2 aromatic carbocycles. The second-order valence-corrected chi connectivity index (χ2v) is 10.1. The Morgan fingerprint density at radius 3 is 2.41 bits per heavy atom. The molecule has 1 aliphatic heterocycles. The summed E-state index contributed by atoms with van der Waals surface area (Å²) in [5, 5.41) is 0.802. The number of carbonyl (C=O) groups is 2. The number of rotatable bonds is 7. The number of amides is 2. The van der Waals surface area contributed by atoms with Crippen LogP contribution in [0.4, 0.5) is 4.39 Å². The maximum absolute atomic E-state index is 14.5. The molecular weight excluding hydrogens is 478 g/mol. The van der Waals surface area contributed by atoms with Crippen molar-refractivity contribution in [2.75, 3.05) is 26.0 Å². The molecule has 2 amide bonds. The van der Waals surface area contributed by atoms with Gasteiger partial charge in [-0.05, 0) is 48.6 Å². The average molecular weight is 499 g/mol. The van der Waals surface area contributed by atoms with Crippen LogP contribution in [0.1, 0.15) is 45.0 Å². The summed E-state index contributed by atoms with van der Waals surface area (Å²) in [5.41, 5.74) is 1.07. The number of nitrogens with one attached hydrogen (secondary N) is 1. The van der Waals surface area contributed by atoms with Crippen LogP contribution >= 0.6 is 23.2 Å². The van der Waals surface area contributed by atoms with E-state index >= 15 is 0 Å². The largest absolute Gasteiger partial charge is 0.493 e. The summed E-state index contributed by atoms with van der Waals surface area (Å²) in [6.07, 6.45) is 3.19. The van der Waals surface area contributed by atoms with E-state index in [-0.39, 0.29) is 23.3 Å². The van der Waals surface area contributed by atoms with E-state index in [1.54, 1.807) is 23.1 Å². The highest BCUT2D eigenvalue weighted by Crippen LogP contribution is 2.45. The van der Waals surface area contributed by atoms with Crippen LogP contribution in [0.15, 0.2) is 30.3 Å². The van der Waals surface area contributed by atoms with Gasteiger partial charge in [-0.25, -0.2) is 8.60 Å². The molecule has 1 unspecified atom stereocenters. The lowest BCUT2D eigenvalue weighted by Gasteiger charge is -2.39. The summed E-state index contributed by atoms with van der Waals surface area (Å²) >= 11 is 11.9. The maximum Gasteiger partial charge on any atom is 0.265 e. The SMILES string of the molecule is CS(=O)NC(=O)c1cc(C2CC2)c(OCC2CN(C(=O)c3cc(Cl)cc(Cl)c3)C2)cc1F. The second kappa shape index (κ2) is 9.37. The number of halogens is 3. The molecule has 1 atom stereocenters. The van der Waals surface area contributed by atoms with Gasteiger partial charge in [0.2, 0.25) is 0 Å². The number of benzene rings is 2. The standard InChI is InChI=1S/C22H21Cl2FN2O4S/c1-32(30)26-21(28)18-7-17(13-2-3-13)20(8-19(18)25)31-11-12-9-27(10-12)22(29)14-4-15(23)6-16(24)5-14/h4-8,12-13H,2-3,9-11H2,1H3,(H,26,28). The van der Waals surface area contributed by atoms with Gasteiger partial charge in [0.25, 0.3) is 11.8 Å². The predicted molar refractivity (Wildman–Crippen MR) is 121 cm³/mol. The Hall–Kier alpha value is -2.16. The lowest BCUT2D eigenvalue weighted by molar-refractivity contribution is 0.0392. The van der Waals surface area contributed by atoms with Gasteiger partial charge in [0.1, 0.15) is 22.6 Å². The number of hydrogen-bond donors (Lipinski definition) is 1. The quantitative estimate of drug-likeness (QED) is 0.620. The average Bonchev–Trinajstić information content (AvgIpc) is 3.50. The third kappa shape index (κ3) is 5.24. The minimum atomic E-state index is -1.58. The first kappa shape index (κ1) is 23.0. The van der Waals surface area contributed by atoms with E-state index in [1.807, 2.05) is 0 Å². The number of hydrogen-bond acceptors (Lipinski definition) is 4. The van der Waals surface area contributed by atoms with Crippen molar-refractivity contribution >= 4 is 46.0 Å². The van der Waals surface area contributed by atoms with Crippen LogP contribution in [0.2, 0.25) is 10.0 Å². The van der Waals surface area contributed by atoms with Gasteiger partial charge in [-0.15, -0.1) is 0 Å². The Morgan fingerprint density at radius 1 is 1.16 bits per heavy atom. The molecule has 4 rings (SSSR count). The molecule has 2 aromatic rings. The third-order valence-corrected chi connectivity index (χ3v) is 6.34. The zero-order chi connectivity index (χ0) is 23.0. The maximum atomic E-state index is 14.5. The molecule has 1 heterocycles. The molecular formula is C22H21Cl2FN2O4S. The summed E-state index contributed by atoms with van der Waals surface area (Å²) in [6, 6.07) is 7.44. The highest BCUT2D eigenvalue weighted by atomic mass is 35.5. The molecule has 1 saturated heterocycles. The molecule has 2 aliphatic rings. The Balaban J connectivity index is 1.38. The molecule has 170 valence electrons. The Kier molecular flexibility index (Phi) is 6.74. The van der Waals surface area contributed by atoms with Gasteiger partial charge in [-0.1, -0.05) is 23.2 Å². The minimum absolute atomic E-state index is 0.106. The van der Waals surface area contributed by atoms with Gasteiger partial charge in [0.05, 0.1) is 12.2 Å². The van der Waals surface area contributed by atoms with E-state index in [0.29, 0.717) is 41.1 Å². The fourth-order valence-corrected chi connectivity index (χ4v) is 4.58. The Bertz CT molecular complexity index is 1080. The van der Waals surface area contributed by atoms with Gasteiger partial charge in [-0.2, -0.15) is 0 Å². The van der Waals surface area contributed by atoms with Crippen molar-refractivity contribution in [2.24, 2.45) is 5.92 Å².